The van der Waals surface area contributed by atoms with Gasteiger partial charge < -0.3 is 9.26 Å². The minimum atomic E-state index is -0.208. The summed E-state index contributed by atoms with van der Waals surface area (Å²) in [4.78, 5) is 12.9. The van der Waals surface area contributed by atoms with Gasteiger partial charge in [0, 0.05) is 11.6 Å². The highest BCUT2D eigenvalue weighted by atomic mass is 16.5. The van der Waals surface area contributed by atoms with E-state index in [1.807, 2.05) is 36.4 Å². The molecule has 0 radical (unpaired) electrons. The van der Waals surface area contributed by atoms with E-state index in [1.165, 1.54) is 19.3 Å². The zero-order valence-corrected chi connectivity index (χ0v) is 14.3. The molecule has 0 aliphatic heterocycles. The van der Waals surface area contributed by atoms with Crippen molar-refractivity contribution in [3.63, 3.8) is 0 Å². The first-order chi connectivity index (χ1) is 12.2. The number of hydrogen-bond acceptors (Lipinski definition) is 4. The number of carbonyl (C=O) groups excluding carboxylic acids is 1. The van der Waals surface area contributed by atoms with E-state index in [0.717, 1.165) is 42.6 Å². The molecule has 1 aromatic carbocycles. The second kappa shape index (κ2) is 5.72. The standard InChI is InChI=1S/C21H23NO3/c23-20(21-10-14-6-15(11-21)8-16(7-14)12-21)24-13-18-9-19(25-22-18)17-4-2-1-3-5-17/h1-5,9,14-16H,6-8,10-13H2. The number of nitrogens with zero attached hydrogens (tertiary/aromatic N) is 1. The molecule has 0 unspecified atom stereocenters. The van der Waals surface area contributed by atoms with E-state index >= 15 is 0 Å². The summed E-state index contributed by atoms with van der Waals surface area (Å²) in [5, 5.41) is 4.06. The van der Waals surface area contributed by atoms with Gasteiger partial charge in [-0.2, -0.15) is 0 Å². The van der Waals surface area contributed by atoms with Gasteiger partial charge in [-0.1, -0.05) is 35.5 Å². The van der Waals surface area contributed by atoms with Crippen LogP contribution in [0, 0.1) is 23.2 Å². The SMILES string of the molecule is O=C(OCc1cc(-c2ccccc2)on1)C12CC3CC(CC(C3)C1)C2. The van der Waals surface area contributed by atoms with Gasteiger partial charge in [-0.15, -0.1) is 0 Å². The van der Waals surface area contributed by atoms with Crippen molar-refractivity contribution in [2.75, 3.05) is 0 Å². The van der Waals surface area contributed by atoms with Crippen molar-refractivity contribution in [2.45, 2.75) is 45.1 Å². The van der Waals surface area contributed by atoms with Crippen molar-refractivity contribution in [3.05, 3.63) is 42.1 Å². The van der Waals surface area contributed by atoms with Crippen LogP contribution in [0.5, 0.6) is 0 Å². The van der Waals surface area contributed by atoms with Crippen LogP contribution >= 0.6 is 0 Å². The van der Waals surface area contributed by atoms with E-state index in [0.29, 0.717) is 11.5 Å². The van der Waals surface area contributed by atoms with Crippen LogP contribution in [0.4, 0.5) is 0 Å². The molecule has 0 spiro atoms. The summed E-state index contributed by atoms with van der Waals surface area (Å²) in [6, 6.07) is 11.7. The third-order valence-corrected chi connectivity index (χ3v) is 6.44. The molecule has 2 aromatic rings. The quantitative estimate of drug-likeness (QED) is 0.765. The van der Waals surface area contributed by atoms with Gasteiger partial charge in [-0.25, -0.2) is 0 Å². The predicted octanol–water partition coefficient (Wildman–Crippen LogP) is 4.60. The molecular formula is C21H23NO3. The summed E-state index contributed by atoms with van der Waals surface area (Å²) in [7, 11) is 0. The largest absolute Gasteiger partial charge is 0.459 e. The van der Waals surface area contributed by atoms with Gasteiger partial charge in [0.05, 0.1) is 5.41 Å². The van der Waals surface area contributed by atoms with Gasteiger partial charge in [0.1, 0.15) is 12.3 Å². The Kier molecular flexibility index (Phi) is 3.47. The first-order valence-corrected chi connectivity index (χ1v) is 9.38. The topological polar surface area (TPSA) is 52.3 Å². The molecule has 4 aliphatic rings. The number of benzene rings is 1. The minimum Gasteiger partial charge on any atom is -0.459 e. The molecule has 4 saturated carbocycles. The minimum absolute atomic E-state index is 0.00383. The zero-order chi connectivity index (χ0) is 16.9. The fourth-order valence-corrected chi connectivity index (χ4v) is 5.77. The molecular weight excluding hydrogens is 314 g/mol. The fraction of sp³-hybridized carbons (Fsp3) is 0.524. The van der Waals surface area contributed by atoms with E-state index < -0.39 is 0 Å². The van der Waals surface area contributed by atoms with Crippen LogP contribution in [-0.2, 0) is 16.1 Å². The molecule has 4 heteroatoms. The van der Waals surface area contributed by atoms with Crippen molar-refractivity contribution in [3.8, 4) is 11.3 Å². The Balaban J connectivity index is 1.26. The van der Waals surface area contributed by atoms with E-state index in [9.17, 15) is 4.79 Å². The third-order valence-electron chi connectivity index (χ3n) is 6.44. The van der Waals surface area contributed by atoms with Crippen molar-refractivity contribution in [1.29, 1.82) is 0 Å². The molecule has 0 saturated heterocycles. The lowest BCUT2D eigenvalue weighted by atomic mass is 9.49. The number of carbonyl (C=O) groups is 1. The summed E-state index contributed by atoms with van der Waals surface area (Å²) in [6.45, 7) is 0.205. The molecule has 4 fully saturated rings. The molecule has 1 aromatic heterocycles. The van der Waals surface area contributed by atoms with Crippen LogP contribution in [-0.4, -0.2) is 11.1 Å². The third kappa shape index (κ3) is 2.68. The first-order valence-electron chi connectivity index (χ1n) is 9.38. The maximum absolute atomic E-state index is 12.9. The van der Waals surface area contributed by atoms with Crippen LogP contribution < -0.4 is 0 Å². The summed E-state index contributed by atoms with van der Waals surface area (Å²) in [6.07, 6.45) is 7.09. The van der Waals surface area contributed by atoms with Crippen LogP contribution in [0.15, 0.2) is 40.9 Å². The number of aromatic nitrogens is 1. The zero-order valence-electron chi connectivity index (χ0n) is 14.3. The Hall–Kier alpha value is -2.10. The molecule has 4 bridgehead atoms. The van der Waals surface area contributed by atoms with E-state index in [4.69, 9.17) is 9.26 Å². The second-order valence-corrected chi connectivity index (χ2v) is 8.32. The van der Waals surface area contributed by atoms with Gasteiger partial charge in [0.25, 0.3) is 0 Å². The average molecular weight is 337 g/mol. The summed E-state index contributed by atoms with van der Waals surface area (Å²) in [5.41, 5.74) is 1.45. The molecule has 0 N–H and O–H groups in total. The Morgan fingerprint density at radius 1 is 1.08 bits per heavy atom. The van der Waals surface area contributed by atoms with Crippen molar-refractivity contribution in [1.82, 2.24) is 5.16 Å². The summed E-state index contributed by atoms with van der Waals surface area (Å²) >= 11 is 0. The molecule has 1 heterocycles. The van der Waals surface area contributed by atoms with Crippen LogP contribution in [0.3, 0.4) is 0 Å². The Bertz CT molecular complexity index is 744. The van der Waals surface area contributed by atoms with E-state index in [1.54, 1.807) is 0 Å². The van der Waals surface area contributed by atoms with Gasteiger partial charge in [0.2, 0.25) is 0 Å². The predicted molar refractivity (Wildman–Crippen MR) is 92.3 cm³/mol. The van der Waals surface area contributed by atoms with Gasteiger partial charge in [0.15, 0.2) is 5.76 Å². The Labute approximate surface area is 147 Å². The Morgan fingerprint density at radius 2 is 1.72 bits per heavy atom. The molecule has 0 atom stereocenters. The lowest BCUT2D eigenvalue weighted by molar-refractivity contribution is -0.173. The number of hydrogen-bond donors (Lipinski definition) is 0. The highest BCUT2D eigenvalue weighted by Gasteiger charge is 2.55. The smallest absolute Gasteiger partial charge is 0.312 e. The maximum Gasteiger partial charge on any atom is 0.312 e. The second-order valence-electron chi connectivity index (χ2n) is 8.32. The van der Waals surface area contributed by atoms with Crippen LogP contribution in [0.1, 0.15) is 44.2 Å². The highest BCUT2D eigenvalue weighted by Crippen LogP contribution is 2.60. The van der Waals surface area contributed by atoms with Gasteiger partial charge in [-0.3, -0.25) is 4.79 Å². The molecule has 0 amide bonds. The molecule has 130 valence electrons. The molecule has 25 heavy (non-hydrogen) atoms. The van der Waals surface area contributed by atoms with E-state index in [2.05, 4.69) is 5.16 Å². The molecule has 4 aliphatic carbocycles. The monoisotopic (exact) mass is 337 g/mol. The number of rotatable bonds is 4. The molecule has 6 rings (SSSR count). The Morgan fingerprint density at radius 3 is 2.36 bits per heavy atom. The average Bonchev–Trinajstić information content (AvgIpc) is 3.08. The normalized spacial score (nSPS) is 32.7. The van der Waals surface area contributed by atoms with E-state index in [-0.39, 0.29) is 18.0 Å². The first kappa shape index (κ1) is 15.2. The lowest BCUT2D eigenvalue weighted by Crippen LogP contribution is -2.50. The van der Waals surface area contributed by atoms with Crippen molar-refractivity contribution >= 4 is 5.97 Å². The van der Waals surface area contributed by atoms with Crippen LogP contribution in [0.25, 0.3) is 11.3 Å². The molecule has 4 nitrogen and oxygen atoms in total. The summed E-state index contributed by atoms with van der Waals surface area (Å²) < 4.78 is 11.1. The summed E-state index contributed by atoms with van der Waals surface area (Å²) in [5.74, 6) is 2.94. The van der Waals surface area contributed by atoms with Crippen LogP contribution in [0.2, 0.25) is 0 Å². The van der Waals surface area contributed by atoms with Crippen molar-refractivity contribution in [2.24, 2.45) is 23.2 Å². The lowest BCUT2D eigenvalue weighted by Gasteiger charge is -2.55. The fourth-order valence-electron chi connectivity index (χ4n) is 5.77. The number of esters is 1. The van der Waals surface area contributed by atoms with Crippen molar-refractivity contribution < 1.29 is 14.1 Å². The number of ether oxygens (including phenoxy) is 1. The highest BCUT2D eigenvalue weighted by molar-refractivity contribution is 5.77. The van der Waals surface area contributed by atoms with Gasteiger partial charge >= 0.3 is 5.97 Å². The van der Waals surface area contributed by atoms with Gasteiger partial charge in [-0.05, 0) is 56.3 Å². The maximum atomic E-state index is 12.9.